The summed E-state index contributed by atoms with van der Waals surface area (Å²) >= 11 is 0. The summed E-state index contributed by atoms with van der Waals surface area (Å²) in [5.41, 5.74) is 2.32. The molecule has 1 aromatic carbocycles. The van der Waals surface area contributed by atoms with Gasteiger partial charge in [-0.2, -0.15) is 0 Å². The second kappa shape index (κ2) is 3.90. The lowest BCUT2D eigenvalue weighted by Gasteiger charge is -1.93. The first-order valence-electron chi connectivity index (χ1n) is 4.50. The number of aliphatic imine (C=N–C) groups is 1. The first kappa shape index (κ1) is 8.73. The molecule has 1 heterocycles. The van der Waals surface area contributed by atoms with E-state index in [0.717, 1.165) is 11.9 Å². The minimum Gasteiger partial charge on any atom is -0.361 e. The van der Waals surface area contributed by atoms with Crippen LogP contribution in [-0.2, 0) is 11.2 Å². The third kappa shape index (κ3) is 1.58. The molecule has 0 amide bonds. The average molecular weight is 186 g/mol. The molecule has 0 spiro atoms. The lowest BCUT2D eigenvalue weighted by atomic mass is 10.1. The molecule has 0 fully saturated rings. The summed E-state index contributed by atoms with van der Waals surface area (Å²) in [6.45, 7) is 0.505. The number of benzene rings is 1. The van der Waals surface area contributed by atoms with E-state index in [9.17, 15) is 4.79 Å². The molecule has 0 saturated heterocycles. The molecule has 14 heavy (non-hydrogen) atoms. The van der Waals surface area contributed by atoms with Crippen LogP contribution in [0.2, 0.25) is 0 Å². The third-order valence-electron chi connectivity index (χ3n) is 2.23. The highest BCUT2D eigenvalue weighted by Gasteiger charge is 2.00. The summed E-state index contributed by atoms with van der Waals surface area (Å²) in [5, 5.41) is 1.20. The number of hydrogen-bond donors (Lipinski definition) is 1. The first-order valence-corrected chi connectivity index (χ1v) is 4.50. The zero-order valence-electron chi connectivity index (χ0n) is 7.66. The van der Waals surface area contributed by atoms with Crippen molar-refractivity contribution in [1.82, 2.24) is 4.98 Å². The Morgan fingerprint density at radius 1 is 1.36 bits per heavy atom. The van der Waals surface area contributed by atoms with E-state index >= 15 is 0 Å². The number of carbonyl (C=O) groups excluding carboxylic acids is 1. The molecule has 0 saturated carbocycles. The van der Waals surface area contributed by atoms with Crippen molar-refractivity contribution in [2.24, 2.45) is 4.99 Å². The van der Waals surface area contributed by atoms with Crippen LogP contribution in [0.25, 0.3) is 10.9 Å². The Balaban J connectivity index is 2.29. The number of nitrogens with zero attached hydrogens (tertiary/aromatic N) is 1. The monoisotopic (exact) mass is 186 g/mol. The minimum absolute atomic E-state index is 0.505. The molecule has 0 atom stereocenters. The van der Waals surface area contributed by atoms with Gasteiger partial charge in [0, 0.05) is 17.1 Å². The molecule has 0 aliphatic carbocycles. The van der Waals surface area contributed by atoms with E-state index in [1.165, 1.54) is 10.9 Å². The molecule has 2 rings (SSSR count). The number of fused-ring (bicyclic) bond motifs is 1. The zero-order valence-corrected chi connectivity index (χ0v) is 7.66. The highest BCUT2D eigenvalue weighted by molar-refractivity contribution is 5.83. The fourth-order valence-corrected chi connectivity index (χ4v) is 1.56. The van der Waals surface area contributed by atoms with Crippen LogP contribution in [0.4, 0.5) is 0 Å². The maximum atomic E-state index is 9.90. The zero-order chi connectivity index (χ0) is 9.80. The number of hydrogen-bond acceptors (Lipinski definition) is 2. The molecular formula is C11H10N2O. The van der Waals surface area contributed by atoms with Crippen LogP contribution in [0.1, 0.15) is 5.56 Å². The van der Waals surface area contributed by atoms with Crippen molar-refractivity contribution >= 4 is 17.0 Å². The number of aromatic nitrogens is 1. The smallest absolute Gasteiger partial charge is 0.234 e. The van der Waals surface area contributed by atoms with E-state index in [0.29, 0.717) is 6.54 Å². The Kier molecular flexibility index (Phi) is 2.43. The average Bonchev–Trinajstić information content (AvgIpc) is 2.63. The Bertz CT molecular complexity index is 481. The van der Waals surface area contributed by atoms with Gasteiger partial charge in [-0.1, -0.05) is 18.2 Å². The topological polar surface area (TPSA) is 45.2 Å². The number of H-pyrrole nitrogens is 1. The summed E-state index contributed by atoms with van der Waals surface area (Å²) in [4.78, 5) is 16.6. The summed E-state index contributed by atoms with van der Waals surface area (Å²) in [6.07, 6.45) is 4.28. The Morgan fingerprint density at radius 3 is 3.07 bits per heavy atom. The van der Waals surface area contributed by atoms with Crippen molar-refractivity contribution in [2.45, 2.75) is 6.42 Å². The molecule has 2 aromatic rings. The van der Waals surface area contributed by atoms with E-state index in [1.807, 2.05) is 24.4 Å². The third-order valence-corrected chi connectivity index (χ3v) is 2.23. The van der Waals surface area contributed by atoms with E-state index in [1.54, 1.807) is 6.08 Å². The Hall–Kier alpha value is -1.86. The fraction of sp³-hybridized carbons (Fsp3) is 0.182. The van der Waals surface area contributed by atoms with Crippen LogP contribution < -0.4 is 0 Å². The Morgan fingerprint density at radius 2 is 2.21 bits per heavy atom. The number of isocyanates is 1. The van der Waals surface area contributed by atoms with Crippen molar-refractivity contribution in [1.29, 1.82) is 0 Å². The highest BCUT2D eigenvalue weighted by Crippen LogP contribution is 2.17. The van der Waals surface area contributed by atoms with E-state index in [-0.39, 0.29) is 0 Å². The van der Waals surface area contributed by atoms with Gasteiger partial charge in [0.05, 0.1) is 6.54 Å². The minimum atomic E-state index is 0.505. The molecule has 0 unspecified atom stereocenters. The largest absolute Gasteiger partial charge is 0.361 e. The molecule has 3 heteroatoms. The number of aromatic amines is 1. The van der Waals surface area contributed by atoms with Gasteiger partial charge in [0.2, 0.25) is 6.08 Å². The van der Waals surface area contributed by atoms with Crippen LogP contribution in [-0.4, -0.2) is 17.6 Å². The van der Waals surface area contributed by atoms with Gasteiger partial charge in [0.15, 0.2) is 0 Å². The summed E-state index contributed by atoms with van der Waals surface area (Å²) in [7, 11) is 0. The number of para-hydroxylation sites is 1. The molecule has 0 aliphatic heterocycles. The SMILES string of the molecule is O=C=NCCc1c[nH]c2ccccc12. The predicted octanol–water partition coefficient (Wildman–Crippen LogP) is 2.05. The summed E-state index contributed by atoms with van der Waals surface area (Å²) in [5.74, 6) is 0. The summed E-state index contributed by atoms with van der Waals surface area (Å²) in [6, 6.07) is 8.09. The Labute approximate surface area is 81.5 Å². The van der Waals surface area contributed by atoms with Gasteiger partial charge in [0.25, 0.3) is 0 Å². The second-order valence-corrected chi connectivity index (χ2v) is 3.08. The molecular weight excluding hydrogens is 176 g/mol. The molecule has 0 radical (unpaired) electrons. The quantitative estimate of drug-likeness (QED) is 0.578. The van der Waals surface area contributed by atoms with Gasteiger partial charge in [0.1, 0.15) is 0 Å². The van der Waals surface area contributed by atoms with Crippen LogP contribution in [0.5, 0.6) is 0 Å². The molecule has 0 aliphatic rings. The van der Waals surface area contributed by atoms with Gasteiger partial charge in [-0.05, 0) is 18.1 Å². The summed E-state index contributed by atoms with van der Waals surface area (Å²) < 4.78 is 0. The fourth-order valence-electron chi connectivity index (χ4n) is 1.56. The van der Waals surface area contributed by atoms with E-state index in [2.05, 4.69) is 16.0 Å². The van der Waals surface area contributed by atoms with Gasteiger partial charge >= 0.3 is 0 Å². The van der Waals surface area contributed by atoms with Crippen LogP contribution in [0.3, 0.4) is 0 Å². The molecule has 0 bridgehead atoms. The predicted molar refractivity (Wildman–Crippen MR) is 55.0 cm³/mol. The first-order chi connectivity index (χ1) is 6.92. The van der Waals surface area contributed by atoms with Gasteiger partial charge in [-0.3, -0.25) is 0 Å². The lowest BCUT2D eigenvalue weighted by Crippen LogP contribution is -1.86. The molecule has 1 aromatic heterocycles. The van der Waals surface area contributed by atoms with Crippen LogP contribution in [0.15, 0.2) is 35.5 Å². The molecule has 3 nitrogen and oxygen atoms in total. The van der Waals surface area contributed by atoms with Crippen molar-refractivity contribution in [3.8, 4) is 0 Å². The number of nitrogens with one attached hydrogen (secondary N) is 1. The van der Waals surface area contributed by atoms with E-state index < -0.39 is 0 Å². The number of rotatable bonds is 3. The second-order valence-electron chi connectivity index (χ2n) is 3.08. The molecule has 1 N–H and O–H groups in total. The lowest BCUT2D eigenvalue weighted by molar-refractivity contribution is 0.563. The standard InChI is InChI=1S/C11H10N2O/c14-8-12-6-5-9-7-13-11-4-2-1-3-10(9)11/h1-4,7,13H,5-6H2. The van der Waals surface area contributed by atoms with Crippen molar-refractivity contribution in [3.63, 3.8) is 0 Å². The normalized spacial score (nSPS) is 10.0. The molecule has 70 valence electrons. The van der Waals surface area contributed by atoms with Crippen molar-refractivity contribution < 1.29 is 4.79 Å². The van der Waals surface area contributed by atoms with Crippen LogP contribution in [0, 0.1) is 0 Å². The highest BCUT2D eigenvalue weighted by atomic mass is 16.1. The van der Waals surface area contributed by atoms with E-state index in [4.69, 9.17) is 0 Å². The van der Waals surface area contributed by atoms with Gasteiger partial charge < -0.3 is 4.98 Å². The van der Waals surface area contributed by atoms with Crippen molar-refractivity contribution in [2.75, 3.05) is 6.54 Å². The van der Waals surface area contributed by atoms with Crippen LogP contribution >= 0.6 is 0 Å². The van der Waals surface area contributed by atoms with Gasteiger partial charge in [-0.15, -0.1) is 0 Å². The maximum absolute atomic E-state index is 9.90. The van der Waals surface area contributed by atoms with Crippen molar-refractivity contribution in [3.05, 3.63) is 36.0 Å². The van der Waals surface area contributed by atoms with Gasteiger partial charge in [-0.25, -0.2) is 9.79 Å². The maximum Gasteiger partial charge on any atom is 0.234 e.